The molecule has 3 aromatic rings. The minimum atomic E-state index is -0.256. The molecule has 0 atom stereocenters. The van der Waals surface area contributed by atoms with Gasteiger partial charge in [-0.15, -0.1) is 11.3 Å². The third-order valence-electron chi connectivity index (χ3n) is 5.51. The highest BCUT2D eigenvalue weighted by Gasteiger charge is 2.16. The molecule has 1 N–H and O–H groups in total. The zero-order valence-corrected chi connectivity index (χ0v) is 18.6. The first kappa shape index (κ1) is 21.4. The van der Waals surface area contributed by atoms with E-state index in [1.54, 1.807) is 12.1 Å². The van der Waals surface area contributed by atoms with Gasteiger partial charge in [-0.2, -0.15) is 0 Å². The van der Waals surface area contributed by atoms with E-state index < -0.39 is 0 Å². The lowest BCUT2D eigenvalue weighted by Gasteiger charge is -2.21. The monoisotopic (exact) mass is 438 g/mol. The fraction of sp³-hybridized carbons (Fsp3) is 0.375. The van der Waals surface area contributed by atoms with E-state index in [1.807, 2.05) is 25.3 Å². The van der Waals surface area contributed by atoms with Crippen LogP contribution in [0.4, 0.5) is 10.2 Å². The minimum Gasteiger partial charge on any atom is -0.357 e. The molecule has 3 heterocycles. The summed E-state index contributed by atoms with van der Waals surface area (Å²) >= 11 is 1.39. The van der Waals surface area contributed by atoms with Crippen LogP contribution in [0.15, 0.2) is 42.6 Å². The molecule has 31 heavy (non-hydrogen) atoms. The number of aromatic nitrogens is 2. The Hall–Kier alpha value is -2.80. The number of rotatable bonds is 6. The van der Waals surface area contributed by atoms with Gasteiger partial charge < -0.3 is 10.2 Å². The molecule has 1 aliphatic heterocycles. The summed E-state index contributed by atoms with van der Waals surface area (Å²) in [5.74, 6) is 0.630. The Morgan fingerprint density at radius 3 is 2.45 bits per heavy atom. The number of aryl methyl sites for hydroxylation is 1. The van der Waals surface area contributed by atoms with Gasteiger partial charge in [-0.1, -0.05) is 31.0 Å². The lowest BCUT2D eigenvalue weighted by atomic mass is 10.1. The molecule has 4 rings (SSSR count). The zero-order valence-electron chi connectivity index (χ0n) is 17.7. The van der Waals surface area contributed by atoms with Crippen molar-refractivity contribution >= 4 is 23.1 Å². The van der Waals surface area contributed by atoms with Crippen LogP contribution in [0.3, 0.4) is 0 Å². The van der Waals surface area contributed by atoms with Crippen molar-refractivity contribution in [2.45, 2.75) is 45.6 Å². The first-order valence-corrected chi connectivity index (χ1v) is 11.6. The Bertz CT molecular complexity index is 1010. The van der Waals surface area contributed by atoms with Gasteiger partial charge in [0.15, 0.2) is 0 Å². The zero-order chi connectivity index (χ0) is 21.6. The van der Waals surface area contributed by atoms with Gasteiger partial charge >= 0.3 is 0 Å². The number of carbonyl (C=O) groups is 1. The van der Waals surface area contributed by atoms with E-state index in [0.29, 0.717) is 23.5 Å². The average Bonchev–Trinajstić information content (AvgIpc) is 2.97. The number of hydrogen-bond donors (Lipinski definition) is 1. The van der Waals surface area contributed by atoms with Crippen LogP contribution in [-0.4, -0.2) is 29.0 Å². The Morgan fingerprint density at radius 1 is 1.06 bits per heavy atom. The van der Waals surface area contributed by atoms with Gasteiger partial charge in [-0.3, -0.25) is 4.79 Å². The predicted octanol–water partition coefficient (Wildman–Crippen LogP) is 4.89. The van der Waals surface area contributed by atoms with Crippen molar-refractivity contribution in [1.29, 1.82) is 0 Å². The van der Waals surface area contributed by atoms with Crippen LogP contribution in [0, 0.1) is 12.7 Å². The molecule has 1 saturated heterocycles. The summed E-state index contributed by atoms with van der Waals surface area (Å²) in [6.45, 7) is 4.40. The van der Waals surface area contributed by atoms with Gasteiger partial charge in [0.1, 0.15) is 16.5 Å². The van der Waals surface area contributed by atoms with Gasteiger partial charge in [0.25, 0.3) is 5.91 Å². The van der Waals surface area contributed by atoms with E-state index >= 15 is 0 Å². The summed E-state index contributed by atoms with van der Waals surface area (Å²) in [4.78, 5) is 24.8. The van der Waals surface area contributed by atoms with E-state index in [9.17, 15) is 9.18 Å². The molecule has 7 heteroatoms. The molecule has 2 aromatic heterocycles. The maximum absolute atomic E-state index is 13.1. The van der Waals surface area contributed by atoms with E-state index in [2.05, 4.69) is 20.2 Å². The van der Waals surface area contributed by atoms with Crippen LogP contribution in [0.25, 0.3) is 0 Å². The van der Waals surface area contributed by atoms with Crippen LogP contribution in [0.5, 0.6) is 0 Å². The lowest BCUT2D eigenvalue weighted by Crippen LogP contribution is -2.25. The smallest absolute Gasteiger partial charge is 0.263 e. The van der Waals surface area contributed by atoms with Crippen molar-refractivity contribution in [3.05, 3.63) is 75.1 Å². The highest BCUT2D eigenvalue weighted by atomic mass is 32.1. The fourth-order valence-corrected chi connectivity index (χ4v) is 4.80. The highest BCUT2D eigenvalue weighted by molar-refractivity contribution is 7.13. The predicted molar refractivity (Wildman–Crippen MR) is 122 cm³/mol. The van der Waals surface area contributed by atoms with Crippen LogP contribution in [-0.2, 0) is 13.0 Å². The Balaban J connectivity index is 1.34. The van der Waals surface area contributed by atoms with Crippen molar-refractivity contribution in [3.8, 4) is 0 Å². The van der Waals surface area contributed by atoms with Crippen molar-refractivity contribution in [3.63, 3.8) is 0 Å². The average molecular weight is 439 g/mol. The molecule has 0 spiro atoms. The number of pyridine rings is 1. The summed E-state index contributed by atoms with van der Waals surface area (Å²) in [7, 11) is 0. The number of halogens is 1. The Kier molecular flexibility index (Phi) is 6.92. The van der Waals surface area contributed by atoms with Gasteiger partial charge in [0.2, 0.25) is 0 Å². The van der Waals surface area contributed by atoms with E-state index in [4.69, 9.17) is 0 Å². The van der Waals surface area contributed by atoms with Crippen molar-refractivity contribution in [1.82, 2.24) is 15.3 Å². The molecule has 0 radical (unpaired) electrons. The minimum absolute atomic E-state index is 0.128. The van der Waals surface area contributed by atoms with Crippen LogP contribution < -0.4 is 10.2 Å². The largest absolute Gasteiger partial charge is 0.357 e. The van der Waals surface area contributed by atoms with Crippen LogP contribution in [0.1, 0.15) is 57.2 Å². The first-order valence-electron chi connectivity index (χ1n) is 10.8. The third-order valence-corrected chi connectivity index (χ3v) is 6.66. The number of anilines is 1. The molecule has 1 fully saturated rings. The third kappa shape index (κ3) is 5.67. The lowest BCUT2D eigenvalue weighted by molar-refractivity contribution is 0.0954. The molecule has 5 nitrogen and oxygen atoms in total. The van der Waals surface area contributed by atoms with E-state index in [0.717, 1.165) is 35.0 Å². The molecule has 162 valence electrons. The quantitative estimate of drug-likeness (QED) is 0.596. The number of nitrogens with one attached hydrogen (secondary N) is 1. The molecular weight excluding hydrogens is 411 g/mol. The van der Waals surface area contributed by atoms with Crippen molar-refractivity contribution in [2.24, 2.45) is 0 Å². The SMILES string of the molecule is Cc1nc(Cc2ccc(F)cc2)sc1C(=O)NCc1ccc(N2CCCCCC2)nc1. The van der Waals surface area contributed by atoms with Crippen LogP contribution in [0.2, 0.25) is 0 Å². The maximum atomic E-state index is 13.1. The summed E-state index contributed by atoms with van der Waals surface area (Å²) in [6, 6.07) is 10.5. The second kappa shape index (κ2) is 10.0. The van der Waals surface area contributed by atoms with E-state index in [-0.39, 0.29) is 11.7 Å². The number of nitrogens with zero attached hydrogens (tertiary/aromatic N) is 3. The fourth-order valence-electron chi connectivity index (χ4n) is 3.79. The molecule has 0 aliphatic carbocycles. The number of thiazole rings is 1. The molecule has 1 amide bonds. The Morgan fingerprint density at radius 2 is 1.77 bits per heavy atom. The molecule has 0 saturated carbocycles. The van der Waals surface area contributed by atoms with Crippen molar-refractivity contribution < 1.29 is 9.18 Å². The van der Waals surface area contributed by atoms with Gasteiger partial charge in [0, 0.05) is 32.3 Å². The molecule has 1 aromatic carbocycles. The second-order valence-corrected chi connectivity index (χ2v) is 9.02. The molecule has 0 unspecified atom stereocenters. The normalized spacial score (nSPS) is 14.3. The second-order valence-electron chi connectivity index (χ2n) is 7.93. The number of hydrogen-bond acceptors (Lipinski definition) is 5. The molecule has 0 bridgehead atoms. The van der Waals surface area contributed by atoms with Gasteiger partial charge in [0.05, 0.1) is 10.7 Å². The highest BCUT2D eigenvalue weighted by Crippen LogP contribution is 2.22. The number of carbonyl (C=O) groups excluding carboxylic acids is 1. The van der Waals surface area contributed by atoms with E-state index in [1.165, 1.54) is 49.2 Å². The van der Waals surface area contributed by atoms with Gasteiger partial charge in [-0.05, 0) is 49.1 Å². The topological polar surface area (TPSA) is 58.1 Å². The van der Waals surface area contributed by atoms with Gasteiger partial charge in [-0.25, -0.2) is 14.4 Å². The summed E-state index contributed by atoms with van der Waals surface area (Å²) in [6.07, 6.45) is 7.46. The summed E-state index contributed by atoms with van der Waals surface area (Å²) in [5.41, 5.74) is 2.66. The number of benzene rings is 1. The standard InChI is InChI=1S/C24H27FN4OS/c1-17-23(31-22(28-17)14-18-6-9-20(25)10-7-18)24(30)27-16-19-8-11-21(26-15-19)29-12-4-2-3-5-13-29/h6-11,15H,2-5,12-14,16H2,1H3,(H,27,30). The van der Waals surface area contributed by atoms with Crippen molar-refractivity contribution in [2.75, 3.05) is 18.0 Å². The number of amides is 1. The maximum Gasteiger partial charge on any atom is 0.263 e. The summed E-state index contributed by atoms with van der Waals surface area (Å²) < 4.78 is 13.1. The molecular formula is C24H27FN4OS. The molecule has 1 aliphatic rings. The Labute approximate surface area is 186 Å². The first-order chi connectivity index (χ1) is 15.1. The van der Waals surface area contributed by atoms with Crippen LogP contribution >= 0.6 is 11.3 Å². The summed E-state index contributed by atoms with van der Waals surface area (Å²) in [5, 5.41) is 3.82.